The van der Waals surface area contributed by atoms with E-state index in [0.29, 0.717) is 12.1 Å². The molecule has 0 unspecified atom stereocenters. The summed E-state index contributed by atoms with van der Waals surface area (Å²) in [5, 5.41) is 3.14. The first-order valence-corrected chi connectivity index (χ1v) is 13.5. The summed E-state index contributed by atoms with van der Waals surface area (Å²) < 4.78 is 2.41. The van der Waals surface area contributed by atoms with Gasteiger partial charge in [-0.25, -0.2) is 0 Å². The highest BCUT2D eigenvalue weighted by Gasteiger charge is 2.24. The van der Waals surface area contributed by atoms with E-state index >= 15 is 0 Å². The van der Waals surface area contributed by atoms with E-state index in [1.807, 2.05) is 12.1 Å². The van der Waals surface area contributed by atoms with E-state index in [0.717, 1.165) is 43.6 Å². The number of nitrogens with zero attached hydrogens (tertiary/aromatic N) is 2. The van der Waals surface area contributed by atoms with Crippen LogP contribution < -0.4 is 5.32 Å². The molecule has 3 aromatic rings. The van der Waals surface area contributed by atoms with Gasteiger partial charge in [0.2, 0.25) is 0 Å². The van der Waals surface area contributed by atoms with Gasteiger partial charge in [0.05, 0.1) is 5.69 Å². The number of nitrogens with one attached hydrogen (secondary N) is 1. The van der Waals surface area contributed by atoms with Crippen molar-refractivity contribution in [1.82, 2.24) is 14.8 Å². The van der Waals surface area contributed by atoms with Gasteiger partial charge in [-0.05, 0) is 100 Å². The van der Waals surface area contributed by atoms with Crippen LogP contribution in [0.25, 0.3) is 16.9 Å². The Morgan fingerprint density at radius 3 is 2.37 bits per heavy atom. The van der Waals surface area contributed by atoms with Gasteiger partial charge in [0, 0.05) is 42.1 Å². The van der Waals surface area contributed by atoms with Crippen LogP contribution >= 0.6 is 0 Å². The van der Waals surface area contributed by atoms with Gasteiger partial charge < -0.3 is 9.88 Å². The fourth-order valence-electron chi connectivity index (χ4n) is 6.06. The molecule has 0 saturated carbocycles. The maximum absolute atomic E-state index is 12.8. The van der Waals surface area contributed by atoms with Gasteiger partial charge in [-0.3, -0.25) is 9.69 Å². The predicted molar refractivity (Wildman–Crippen MR) is 144 cm³/mol. The number of fused-ring (bicyclic) bond motifs is 1. The highest BCUT2D eigenvalue weighted by molar-refractivity contribution is 5.94. The number of carbonyl (C=O) groups excluding carboxylic acids is 1. The van der Waals surface area contributed by atoms with Crippen molar-refractivity contribution >= 4 is 5.91 Å². The van der Waals surface area contributed by atoms with Crippen molar-refractivity contribution < 1.29 is 4.79 Å². The van der Waals surface area contributed by atoms with Crippen molar-refractivity contribution in [2.24, 2.45) is 0 Å². The fourth-order valence-corrected chi connectivity index (χ4v) is 6.06. The minimum atomic E-state index is 0.0223. The molecular weight excluding hydrogens is 430 g/mol. The third-order valence-corrected chi connectivity index (χ3v) is 8.01. The summed E-state index contributed by atoms with van der Waals surface area (Å²) in [6.45, 7) is 6.45. The van der Waals surface area contributed by atoms with E-state index in [9.17, 15) is 4.79 Å². The molecule has 4 heteroatoms. The zero-order valence-electron chi connectivity index (χ0n) is 21.3. The minimum absolute atomic E-state index is 0.0223. The summed E-state index contributed by atoms with van der Waals surface area (Å²) in [7, 11) is 0. The molecular formula is C31H39N3O. The third-order valence-electron chi connectivity index (χ3n) is 8.01. The Morgan fingerprint density at radius 1 is 0.914 bits per heavy atom. The molecule has 2 aromatic carbocycles. The first-order valence-electron chi connectivity index (χ1n) is 13.5. The van der Waals surface area contributed by atoms with Crippen molar-refractivity contribution in [3.8, 4) is 16.9 Å². The van der Waals surface area contributed by atoms with Gasteiger partial charge in [0.15, 0.2) is 0 Å². The van der Waals surface area contributed by atoms with Gasteiger partial charge in [0.25, 0.3) is 5.91 Å². The van der Waals surface area contributed by atoms with E-state index in [1.54, 1.807) is 0 Å². The lowest BCUT2D eigenvalue weighted by Gasteiger charge is -2.39. The Balaban J connectivity index is 1.26. The largest absolute Gasteiger partial charge is 0.352 e. The van der Waals surface area contributed by atoms with Crippen LogP contribution in [-0.4, -0.2) is 40.5 Å². The number of aromatic nitrogens is 1. The fraction of sp³-hybridized carbons (Fsp3) is 0.452. The Kier molecular flexibility index (Phi) is 7.38. The lowest BCUT2D eigenvalue weighted by Crippen LogP contribution is -2.44. The predicted octanol–water partition coefficient (Wildman–Crippen LogP) is 6.41. The third kappa shape index (κ3) is 5.23. The number of rotatable bonds is 7. The molecule has 1 saturated heterocycles. The molecule has 2 atom stereocenters. The summed E-state index contributed by atoms with van der Waals surface area (Å²) in [4.78, 5) is 15.4. The van der Waals surface area contributed by atoms with Crippen LogP contribution in [0.5, 0.6) is 0 Å². The number of amides is 1. The van der Waals surface area contributed by atoms with Crippen LogP contribution in [-0.2, 0) is 12.8 Å². The molecule has 2 aliphatic rings. The van der Waals surface area contributed by atoms with Gasteiger partial charge in [-0.2, -0.15) is 0 Å². The summed E-state index contributed by atoms with van der Waals surface area (Å²) >= 11 is 0. The Hall–Kier alpha value is -2.85. The SMILES string of the molecule is C[C@@H]1CCC[C@H](C)N1CCCNC(=O)c1ccc(-n2c(-c3ccccc3)cc3c2CCCC3)cc1. The highest BCUT2D eigenvalue weighted by atomic mass is 16.1. The normalized spacial score (nSPS) is 20.4. The average molecular weight is 470 g/mol. The van der Waals surface area contributed by atoms with E-state index in [2.05, 4.69) is 77.2 Å². The minimum Gasteiger partial charge on any atom is -0.352 e. The summed E-state index contributed by atoms with van der Waals surface area (Å²) in [5.74, 6) is 0.0223. The van der Waals surface area contributed by atoms with E-state index in [4.69, 9.17) is 0 Å². The van der Waals surface area contributed by atoms with Crippen LogP contribution in [0, 0.1) is 0 Å². The number of hydrogen-bond donors (Lipinski definition) is 1. The zero-order valence-corrected chi connectivity index (χ0v) is 21.3. The molecule has 2 heterocycles. The summed E-state index contributed by atoms with van der Waals surface area (Å²) in [6, 6.07) is 22.5. The monoisotopic (exact) mass is 469 g/mol. The smallest absolute Gasteiger partial charge is 0.251 e. The standard InChI is InChI=1S/C31H39N3O/c1-23-10-8-11-24(2)33(23)21-9-20-32-31(35)26-16-18-28(19-17-26)34-29-15-7-6-14-27(29)22-30(34)25-12-4-3-5-13-25/h3-5,12-13,16-19,22-24H,6-11,14-15,20-21H2,1-2H3,(H,32,35)/t23-,24+. The number of piperidine rings is 1. The van der Waals surface area contributed by atoms with Crippen molar-refractivity contribution in [1.29, 1.82) is 0 Å². The average Bonchev–Trinajstić information content (AvgIpc) is 3.28. The molecule has 5 rings (SSSR count). The van der Waals surface area contributed by atoms with Crippen molar-refractivity contribution in [2.75, 3.05) is 13.1 Å². The topological polar surface area (TPSA) is 37.3 Å². The molecule has 0 spiro atoms. The van der Waals surface area contributed by atoms with Crippen LogP contribution in [0.1, 0.15) is 74.0 Å². The van der Waals surface area contributed by atoms with E-state index in [-0.39, 0.29) is 5.91 Å². The molecule has 1 aliphatic heterocycles. The molecule has 1 fully saturated rings. The van der Waals surface area contributed by atoms with Gasteiger partial charge in [-0.1, -0.05) is 36.8 Å². The van der Waals surface area contributed by atoms with Gasteiger partial charge in [-0.15, -0.1) is 0 Å². The molecule has 1 amide bonds. The number of aryl methyl sites for hydroxylation is 1. The van der Waals surface area contributed by atoms with Gasteiger partial charge >= 0.3 is 0 Å². The summed E-state index contributed by atoms with van der Waals surface area (Å²) in [5.41, 5.74) is 7.24. The second-order valence-electron chi connectivity index (χ2n) is 10.4. The molecule has 0 bridgehead atoms. The lowest BCUT2D eigenvalue weighted by atomic mass is 9.97. The highest BCUT2D eigenvalue weighted by Crippen LogP contribution is 2.34. The Labute approximate surface area is 210 Å². The zero-order chi connectivity index (χ0) is 24.2. The van der Waals surface area contributed by atoms with Crippen LogP contribution in [0.3, 0.4) is 0 Å². The van der Waals surface area contributed by atoms with Crippen molar-refractivity contribution in [3.63, 3.8) is 0 Å². The first kappa shape index (κ1) is 23.9. The Bertz CT molecular complexity index is 1120. The second-order valence-corrected chi connectivity index (χ2v) is 10.4. The lowest BCUT2D eigenvalue weighted by molar-refractivity contribution is 0.0925. The van der Waals surface area contributed by atoms with Crippen molar-refractivity contribution in [2.45, 2.75) is 77.3 Å². The number of carbonyl (C=O) groups is 1. The van der Waals surface area contributed by atoms with E-state index in [1.165, 1.54) is 54.6 Å². The Morgan fingerprint density at radius 2 is 1.63 bits per heavy atom. The number of benzene rings is 2. The maximum atomic E-state index is 12.8. The molecule has 184 valence electrons. The summed E-state index contributed by atoms with van der Waals surface area (Å²) in [6.07, 6.45) is 9.68. The molecule has 1 aliphatic carbocycles. The first-order chi connectivity index (χ1) is 17.1. The molecule has 35 heavy (non-hydrogen) atoms. The van der Waals surface area contributed by atoms with E-state index < -0.39 is 0 Å². The van der Waals surface area contributed by atoms with Crippen molar-refractivity contribution in [3.05, 3.63) is 77.5 Å². The molecule has 4 nitrogen and oxygen atoms in total. The maximum Gasteiger partial charge on any atom is 0.251 e. The van der Waals surface area contributed by atoms with Crippen LogP contribution in [0.15, 0.2) is 60.7 Å². The van der Waals surface area contributed by atoms with Gasteiger partial charge in [0.1, 0.15) is 0 Å². The molecule has 0 radical (unpaired) electrons. The number of likely N-dealkylation sites (tertiary alicyclic amines) is 1. The van der Waals surface area contributed by atoms with Crippen LogP contribution in [0.2, 0.25) is 0 Å². The quantitative estimate of drug-likeness (QED) is 0.406. The van der Waals surface area contributed by atoms with Crippen LogP contribution in [0.4, 0.5) is 0 Å². The molecule has 1 aromatic heterocycles. The second kappa shape index (κ2) is 10.8. The number of hydrogen-bond acceptors (Lipinski definition) is 2. The molecule has 1 N–H and O–H groups in total.